The number of halogens is 2. The van der Waals surface area contributed by atoms with E-state index >= 15 is 0 Å². The molecule has 1 atom stereocenters. The molecule has 1 saturated heterocycles. The molecule has 0 amide bonds. The fraction of sp³-hybridized carbons (Fsp3) is 0.500. The summed E-state index contributed by atoms with van der Waals surface area (Å²) in [6.07, 6.45) is 0.177. The maximum absolute atomic E-state index is 13.6. The summed E-state index contributed by atoms with van der Waals surface area (Å²) >= 11 is 0. The van der Waals surface area contributed by atoms with Crippen molar-refractivity contribution in [3.63, 3.8) is 0 Å². The summed E-state index contributed by atoms with van der Waals surface area (Å²) in [5.74, 6) is -1.13. The average molecular weight is 243 g/mol. The predicted molar refractivity (Wildman–Crippen MR) is 58.5 cm³/mol. The van der Waals surface area contributed by atoms with Gasteiger partial charge in [-0.05, 0) is 13.1 Å². The molecule has 3 nitrogen and oxygen atoms in total. The van der Waals surface area contributed by atoms with Gasteiger partial charge in [-0.15, -0.1) is 0 Å². The van der Waals surface area contributed by atoms with Gasteiger partial charge in [0, 0.05) is 24.1 Å². The smallest absolute Gasteiger partial charge is 0.159 e. The average Bonchev–Trinajstić information content (AvgIpc) is 2.79. The number of rotatable bonds is 4. The summed E-state index contributed by atoms with van der Waals surface area (Å²) < 4.78 is 37.0. The molecule has 0 radical (unpaired) electrons. The van der Waals surface area contributed by atoms with Crippen molar-refractivity contribution in [2.75, 3.05) is 20.3 Å². The third-order valence-electron chi connectivity index (χ3n) is 2.81. The molecule has 94 valence electrons. The summed E-state index contributed by atoms with van der Waals surface area (Å²) in [4.78, 5) is 0. The number of benzene rings is 1. The molecule has 5 heteroatoms. The standard InChI is InChI=1S/C12H15F2NO2/c1-15-11(7-12-16-4-5-17-12)9-3-2-8(13)6-10(9)14/h2-3,6,11-12,15H,4-5,7H2,1H3. The predicted octanol–water partition coefficient (Wildman–Crippen LogP) is 1.99. The molecule has 1 aliphatic rings. The highest BCUT2D eigenvalue weighted by Crippen LogP contribution is 2.24. The lowest BCUT2D eigenvalue weighted by atomic mass is 10.0. The van der Waals surface area contributed by atoms with Crippen LogP contribution in [0.5, 0.6) is 0 Å². The molecule has 0 aliphatic carbocycles. The van der Waals surface area contributed by atoms with Crippen LogP contribution in [0.15, 0.2) is 18.2 Å². The molecule has 1 aliphatic heterocycles. The Balaban J connectivity index is 2.10. The molecule has 1 heterocycles. The second-order valence-electron chi connectivity index (χ2n) is 3.91. The van der Waals surface area contributed by atoms with Crippen LogP contribution in [0.25, 0.3) is 0 Å². The Bertz CT molecular complexity index is 381. The van der Waals surface area contributed by atoms with E-state index in [4.69, 9.17) is 9.47 Å². The van der Waals surface area contributed by atoms with Gasteiger partial charge in [-0.1, -0.05) is 6.07 Å². The van der Waals surface area contributed by atoms with Crippen molar-refractivity contribution in [2.24, 2.45) is 0 Å². The maximum atomic E-state index is 13.6. The van der Waals surface area contributed by atoms with Gasteiger partial charge in [-0.2, -0.15) is 0 Å². The van der Waals surface area contributed by atoms with Crippen molar-refractivity contribution in [1.29, 1.82) is 0 Å². The molecule has 0 aromatic heterocycles. The van der Waals surface area contributed by atoms with Crippen molar-refractivity contribution in [1.82, 2.24) is 5.32 Å². The van der Waals surface area contributed by atoms with Crippen molar-refractivity contribution < 1.29 is 18.3 Å². The van der Waals surface area contributed by atoms with Gasteiger partial charge in [0.1, 0.15) is 11.6 Å². The SMILES string of the molecule is CNC(CC1OCCO1)c1ccc(F)cc1F. The first-order chi connectivity index (χ1) is 8.20. The highest BCUT2D eigenvalue weighted by atomic mass is 19.1. The third-order valence-corrected chi connectivity index (χ3v) is 2.81. The molecule has 17 heavy (non-hydrogen) atoms. The molecule has 1 aromatic rings. The summed E-state index contributed by atoms with van der Waals surface area (Å²) in [6.45, 7) is 1.13. The summed E-state index contributed by atoms with van der Waals surface area (Å²) in [6, 6.07) is 3.33. The number of nitrogens with one attached hydrogen (secondary N) is 1. The van der Waals surface area contributed by atoms with Gasteiger partial charge in [0.05, 0.1) is 13.2 Å². The Morgan fingerprint density at radius 1 is 1.35 bits per heavy atom. The molecule has 0 bridgehead atoms. The highest BCUT2D eigenvalue weighted by Gasteiger charge is 2.23. The van der Waals surface area contributed by atoms with Crippen molar-refractivity contribution in [2.45, 2.75) is 18.8 Å². The molecule has 1 fully saturated rings. The van der Waals surface area contributed by atoms with E-state index in [0.29, 0.717) is 25.2 Å². The van der Waals surface area contributed by atoms with Crippen LogP contribution in [0.4, 0.5) is 8.78 Å². The molecular weight excluding hydrogens is 228 g/mol. The van der Waals surface area contributed by atoms with Gasteiger partial charge in [0.25, 0.3) is 0 Å². The normalized spacial score (nSPS) is 18.5. The first-order valence-electron chi connectivity index (χ1n) is 5.56. The van der Waals surface area contributed by atoms with E-state index in [1.807, 2.05) is 0 Å². The van der Waals surface area contributed by atoms with Crippen molar-refractivity contribution >= 4 is 0 Å². The Hall–Kier alpha value is -1.04. The van der Waals surface area contributed by atoms with E-state index in [1.165, 1.54) is 12.1 Å². The molecule has 1 unspecified atom stereocenters. The molecule has 1 N–H and O–H groups in total. The zero-order chi connectivity index (χ0) is 12.3. The Kier molecular flexibility index (Phi) is 4.04. The third kappa shape index (κ3) is 3.00. The van der Waals surface area contributed by atoms with E-state index in [0.717, 1.165) is 6.07 Å². The van der Waals surface area contributed by atoms with Gasteiger partial charge in [-0.3, -0.25) is 0 Å². The summed E-state index contributed by atoms with van der Waals surface area (Å²) in [5.41, 5.74) is 0.424. The Morgan fingerprint density at radius 2 is 2.06 bits per heavy atom. The fourth-order valence-electron chi connectivity index (χ4n) is 1.92. The topological polar surface area (TPSA) is 30.5 Å². The second-order valence-corrected chi connectivity index (χ2v) is 3.91. The van der Waals surface area contributed by atoms with Gasteiger partial charge in [-0.25, -0.2) is 8.78 Å². The lowest BCUT2D eigenvalue weighted by Crippen LogP contribution is -2.24. The van der Waals surface area contributed by atoms with Gasteiger partial charge >= 0.3 is 0 Å². The molecule has 2 rings (SSSR count). The minimum atomic E-state index is -0.575. The van der Waals surface area contributed by atoms with Crippen LogP contribution in [-0.2, 0) is 9.47 Å². The zero-order valence-electron chi connectivity index (χ0n) is 9.58. The second kappa shape index (κ2) is 5.53. The lowest BCUT2D eigenvalue weighted by molar-refractivity contribution is -0.0527. The first-order valence-corrected chi connectivity index (χ1v) is 5.56. The summed E-state index contributed by atoms with van der Waals surface area (Å²) in [5, 5.41) is 2.98. The number of hydrogen-bond donors (Lipinski definition) is 1. The van der Waals surface area contributed by atoms with Crippen LogP contribution in [0.2, 0.25) is 0 Å². The zero-order valence-corrected chi connectivity index (χ0v) is 9.58. The van der Waals surface area contributed by atoms with Crippen molar-refractivity contribution in [3.05, 3.63) is 35.4 Å². The van der Waals surface area contributed by atoms with E-state index in [9.17, 15) is 8.78 Å². The fourth-order valence-corrected chi connectivity index (χ4v) is 1.92. The van der Waals surface area contributed by atoms with Crippen LogP contribution in [0.1, 0.15) is 18.0 Å². The van der Waals surface area contributed by atoms with Gasteiger partial charge < -0.3 is 14.8 Å². The summed E-state index contributed by atoms with van der Waals surface area (Å²) in [7, 11) is 1.72. The van der Waals surface area contributed by atoms with Crippen LogP contribution in [0, 0.1) is 11.6 Å². The van der Waals surface area contributed by atoms with Crippen molar-refractivity contribution in [3.8, 4) is 0 Å². The van der Waals surface area contributed by atoms with Gasteiger partial charge in [0.2, 0.25) is 0 Å². The quantitative estimate of drug-likeness (QED) is 0.877. The monoisotopic (exact) mass is 243 g/mol. The van der Waals surface area contributed by atoms with Crippen LogP contribution >= 0.6 is 0 Å². The molecule has 0 saturated carbocycles. The van der Waals surface area contributed by atoms with Crippen LogP contribution in [-0.4, -0.2) is 26.6 Å². The maximum Gasteiger partial charge on any atom is 0.159 e. The molecule has 0 spiro atoms. The Morgan fingerprint density at radius 3 is 2.65 bits per heavy atom. The van der Waals surface area contributed by atoms with E-state index < -0.39 is 11.6 Å². The lowest BCUT2D eigenvalue weighted by Gasteiger charge is -2.20. The van der Waals surface area contributed by atoms with E-state index in [2.05, 4.69) is 5.32 Å². The number of ether oxygens (including phenoxy) is 2. The highest BCUT2D eigenvalue weighted by molar-refractivity contribution is 5.22. The van der Waals surface area contributed by atoms with Crippen LogP contribution < -0.4 is 5.32 Å². The largest absolute Gasteiger partial charge is 0.350 e. The minimum absolute atomic E-state index is 0.251. The first kappa shape index (κ1) is 12.4. The van der Waals surface area contributed by atoms with Crippen LogP contribution in [0.3, 0.4) is 0 Å². The number of hydrogen-bond acceptors (Lipinski definition) is 3. The molecule has 1 aromatic carbocycles. The minimum Gasteiger partial charge on any atom is -0.350 e. The molecular formula is C12H15F2NO2. The van der Waals surface area contributed by atoms with E-state index in [1.54, 1.807) is 7.05 Å². The Labute approximate surface area is 98.7 Å². The van der Waals surface area contributed by atoms with E-state index in [-0.39, 0.29) is 12.3 Å². The van der Waals surface area contributed by atoms with Gasteiger partial charge in [0.15, 0.2) is 6.29 Å².